The van der Waals surface area contributed by atoms with Gasteiger partial charge in [-0.3, -0.25) is 14.5 Å². The lowest BCUT2D eigenvalue weighted by Gasteiger charge is -2.28. The molecule has 1 aliphatic heterocycles. The second kappa shape index (κ2) is 8.52. The van der Waals surface area contributed by atoms with E-state index >= 15 is 0 Å². The first kappa shape index (κ1) is 20.6. The van der Waals surface area contributed by atoms with Crippen molar-refractivity contribution < 1.29 is 19.4 Å². The van der Waals surface area contributed by atoms with Crippen molar-refractivity contribution in [2.75, 3.05) is 11.5 Å². The molecule has 152 valence electrons. The van der Waals surface area contributed by atoms with Crippen LogP contribution in [0.4, 0.5) is 5.69 Å². The molecule has 3 rings (SSSR count). The molecule has 1 unspecified atom stereocenters. The van der Waals surface area contributed by atoms with E-state index in [2.05, 4.69) is 0 Å². The van der Waals surface area contributed by atoms with Gasteiger partial charge in [-0.25, -0.2) is 0 Å². The van der Waals surface area contributed by atoms with Crippen LogP contribution in [0, 0.1) is 12.8 Å². The Morgan fingerprint density at radius 2 is 1.90 bits per heavy atom. The summed E-state index contributed by atoms with van der Waals surface area (Å²) in [7, 11) is 0. The highest BCUT2D eigenvalue weighted by atomic mass is 16.5. The van der Waals surface area contributed by atoms with Crippen molar-refractivity contribution in [1.29, 1.82) is 0 Å². The molecule has 5 heteroatoms. The van der Waals surface area contributed by atoms with E-state index in [9.17, 15) is 14.7 Å². The van der Waals surface area contributed by atoms with E-state index in [-0.39, 0.29) is 23.7 Å². The molecule has 0 saturated carbocycles. The summed E-state index contributed by atoms with van der Waals surface area (Å²) in [5.41, 5.74) is 2.51. The maximum Gasteiger partial charge on any atom is 0.294 e. The number of aliphatic hydroxyl groups excluding tert-OH is 1. The lowest BCUT2D eigenvalue weighted by molar-refractivity contribution is -0.118. The molecule has 2 aromatic carbocycles. The molecule has 2 aromatic rings. The number of carbonyl (C=O) groups excluding carboxylic acids is 2. The number of hydrogen-bond acceptors (Lipinski definition) is 4. The number of benzene rings is 2. The van der Waals surface area contributed by atoms with Crippen molar-refractivity contribution in [1.82, 2.24) is 0 Å². The summed E-state index contributed by atoms with van der Waals surface area (Å²) in [4.78, 5) is 27.6. The highest BCUT2D eigenvalue weighted by molar-refractivity contribution is 6.16. The van der Waals surface area contributed by atoms with E-state index < -0.39 is 17.7 Å². The first-order valence-electron chi connectivity index (χ1n) is 9.93. The van der Waals surface area contributed by atoms with Crippen LogP contribution in [0.1, 0.15) is 44.4 Å². The van der Waals surface area contributed by atoms with E-state index in [4.69, 9.17) is 4.74 Å². The van der Waals surface area contributed by atoms with Crippen LogP contribution in [0.2, 0.25) is 0 Å². The first-order valence-corrected chi connectivity index (χ1v) is 9.93. The predicted octanol–water partition coefficient (Wildman–Crippen LogP) is 4.91. The third-order valence-electron chi connectivity index (χ3n) is 4.99. The van der Waals surface area contributed by atoms with Crippen LogP contribution in [0.3, 0.4) is 0 Å². The van der Waals surface area contributed by atoms with Crippen molar-refractivity contribution >= 4 is 17.4 Å². The Kier molecular flexibility index (Phi) is 6.06. The molecule has 1 heterocycles. The summed E-state index contributed by atoms with van der Waals surface area (Å²) < 4.78 is 5.58. The number of nitrogens with zero attached hydrogens (tertiary/aromatic N) is 1. The van der Waals surface area contributed by atoms with Crippen LogP contribution in [-0.4, -0.2) is 23.4 Å². The molecule has 0 saturated heterocycles. The lowest BCUT2D eigenvalue weighted by Crippen LogP contribution is -2.31. The van der Waals surface area contributed by atoms with Crippen molar-refractivity contribution in [3.05, 3.63) is 71.0 Å². The topological polar surface area (TPSA) is 66.8 Å². The van der Waals surface area contributed by atoms with Gasteiger partial charge in [0.05, 0.1) is 18.2 Å². The predicted molar refractivity (Wildman–Crippen MR) is 113 cm³/mol. The number of ketones is 1. The molecular weight excluding hydrogens is 366 g/mol. The summed E-state index contributed by atoms with van der Waals surface area (Å²) in [5, 5.41) is 10.7. The minimum atomic E-state index is -0.674. The summed E-state index contributed by atoms with van der Waals surface area (Å²) in [6.07, 6.45) is 0.266. The quantitative estimate of drug-likeness (QED) is 0.726. The molecule has 1 amide bonds. The fraction of sp³-hybridized carbons (Fsp3) is 0.333. The number of aryl methyl sites for hydroxylation is 1. The second-order valence-corrected chi connectivity index (χ2v) is 7.65. The maximum absolute atomic E-state index is 13.1. The highest BCUT2D eigenvalue weighted by Crippen LogP contribution is 2.43. The highest BCUT2D eigenvalue weighted by Gasteiger charge is 2.44. The van der Waals surface area contributed by atoms with Gasteiger partial charge in [0.25, 0.3) is 5.91 Å². The van der Waals surface area contributed by atoms with Crippen LogP contribution in [0.25, 0.3) is 0 Å². The fourth-order valence-electron chi connectivity index (χ4n) is 3.71. The summed E-state index contributed by atoms with van der Waals surface area (Å²) in [6, 6.07) is 14.1. The third-order valence-corrected chi connectivity index (χ3v) is 4.99. The summed E-state index contributed by atoms with van der Waals surface area (Å²) in [5.74, 6) is -0.499. The molecule has 1 aliphatic rings. The lowest BCUT2D eigenvalue weighted by atomic mass is 9.90. The van der Waals surface area contributed by atoms with E-state index in [0.717, 1.165) is 11.1 Å². The largest absolute Gasteiger partial charge is 0.503 e. The zero-order chi connectivity index (χ0) is 21.1. The number of Topliss-reactive ketones (excluding diaryl/α,β-unsaturated/α-hetero) is 1. The minimum absolute atomic E-state index is 0.116. The first-order chi connectivity index (χ1) is 13.8. The Labute approximate surface area is 171 Å². The number of ether oxygens (including phenoxy) is 1. The molecule has 0 spiro atoms. The Morgan fingerprint density at radius 1 is 1.17 bits per heavy atom. The van der Waals surface area contributed by atoms with Crippen LogP contribution >= 0.6 is 0 Å². The summed E-state index contributed by atoms with van der Waals surface area (Å²) in [6.45, 7) is 8.21. The van der Waals surface area contributed by atoms with Gasteiger partial charge in [-0.15, -0.1) is 0 Å². The van der Waals surface area contributed by atoms with Crippen LogP contribution in [0.5, 0.6) is 5.75 Å². The zero-order valence-corrected chi connectivity index (χ0v) is 17.3. The molecule has 0 aromatic heterocycles. The molecule has 29 heavy (non-hydrogen) atoms. The Morgan fingerprint density at radius 3 is 2.55 bits per heavy atom. The molecule has 0 radical (unpaired) electrons. The average Bonchev–Trinajstić information content (AvgIpc) is 2.93. The molecule has 1 N–H and O–H groups in total. The van der Waals surface area contributed by atoms with Gasteiger partial charge in [0.2, 0.25) is 0 Å². The molecule has 5 nitrogen and oxygen atoms in total. The second-order valence-electron chi connectivity index (χ2n) is 7.65. The maximum atomic E-state index is 13.1. The number of anilines is 1. The number of carbonyl (C=O) groups is 2. The Balaban J connectivity index is 2.15. The van der Waals surface area contributed by atoms with Gasteiger partial charge in [0.15, 0.2) is 11.5 Å². The van der Waals surface area contributed by atoms with Crippen LogP contribution < -0.4 is 9.64 Å². The van der Waals surface area contributed by atoms with Crippen molar-refractivity contribution in [2.45, 2.75) is 40.2 Å². The van der Waals surface area contributed by atoms with E-state index in [1.807, 2.05) is 58.0 Å². The monoisotopic (exact) mass is 393 g/mol. The normalized spacial score (nSPS) is 16.7. The van der Waals surface area contributed by atoms with Crippen LogP contribution in [-0.2, 0) is 9.59 Å². The standard InChI is InChI=1S/C24H27NO4/c1-5-29-18-11-8-10-17(14-18)25-22(19-12-7-6-9-16(19)4)21(23(27)24(25)28)20(26)13-15(2)3/h6-12,14-15,22,27H,5,13H2,1-4H3. The van der Waals surface area contributed by atoms with Crippen molar-refractivity contribution in [3.8, 4) is 5.75 Å². The summed E-state index contributed by atoms with van der Waals surface area (Å²) >= 11 is 0. The van der Waals surface area contributed by atoms with Crippen molar-refractivity contribution in [3.63, 3.8) is 0 Å². The zero-order valence-electron chi connectivity index (χ0n) is 17.3. The van der Waals surface area contributed by atoms with E-state index in [1.54, 1.807) is 18.2 Å². The number of aliphatic hydroxyl groups is 1. The molecular formula is C24H27NO4. The molecule has 0 aliphatic carbocycles. The van der Waals surface area contributed by atoms with Gasteiger partial charge in [-0.1, -0.05) is 44.2 Å². The molecule has 0 fully saturated rings. The Hall–Kier alpha value is -3.08. The molecule has 1 atom stereocenters. The van der Waals surface area contributed by atoms with E-state index in [0.29, 0.717) is 18.0 Å². The third kappa shape index (κ3) is 4.04. The molecule has 0 bridgehead atoms. The minimum Gasteiger partial charge on any atom is -0.503 e. The number of amides is 1. The average molecular weight is 393 g/mol. The van der Waals surface area contributed by atoms with Gasteiger partial charge < -0.3 is 9.84 Å². The van der Waals surface area contributed by atoms with Gasteiger partial charge >= 0.3 is 0 Å². The van der Waals surface area contributed by atoms with Gasteiger partial charge in [-0.05, 0) is 43.0 Å². The van der Waals surface area contributed by atoms with E-state index in [1.165, 1.54) is 4.90 Å². The van der Waals surface area contributed by atoms with Gasteiger partial charge in [-0.2, -0.15) is 0 Å². The number of rotatable bonds is 7. The number of hydrogen-bond donors (Lipinski definition) is 1. The fourth-order valence-corrected chi connectivity index (χ4v) is 3.71. The smallest absolute Gasteiger partial charge is 0.294 e. The van der Waals surface area contributed by atoms with Crippen molar-refractivity contribution in [2.24, 2.45) is 5.92 Å². The van der Waals surface area contributed by atoms with Gasteiger partial charge in [0.1, 0.15) is 5.75 Å². The SMILES string of the molecule is CCOc1cccc(N2C(=O)C(O)=C(C(=O)CC(C)C)C2c2ccccc2C)c1. The Bertz CT molecular complexity index is 961. The van der Waals surface area contributed by atoms with Gasteiger partial charge in [0, 0.05) is 18.2 Å². The van der Waals surface area contributed by atoms with Crippen LogP contribution in [0.15, 0.2) is 59.9 Å².